The first-order valence-electron chi connectivity index (χ1n) is 4.44. The Morgan fingerprint density at radius 1 is 1.27 bits per heavy atom. The van der Waals surface area contributed by atoms with Gasteiger partial charge in [-0.1, -0.05) is 23.7 Å². The van der Waals surface area contributed by atoms with E-state index in [-0.39, 0.29) is 0 Å². The van der Waals surface area contributed by atoms with Crippen LogP contribution >= 0.6 is 11.6 Å². The average Bonchev–Trinajstić information content (AvgIpc) is 2.62. The molecule has 0 fully saturated rings. The number of halogens is 1. The summed E-state index contributed by atoms with van der Waals surface area (Å²) < 4.78 is 1.80. The van der Waals surface area contributed by atoms with E-state index in [0.717, 1.165) is 11.0 Å². The number of hydrogen-bond acceptors (Lipinski definition) is 3. The van der Waals surface area contributed by atoms with Crippen LogP contribution in [0.15, 0.2) is 30.5 Å². The van der Waals surface area contributed by atoms with Gasteiger partial charge in [-0.3, -0.25) is 4.40 Å². The van der Waals surface area contributed by atoms with Crippen LogP contribution in [0.1, 0.15) is 0 Å². The Bertz CT molecular complexity index is 659. The molecule has 74 valence electrons. The molecular formula is C10H7ClN4. The maximum Gasteiger partial charge on any atom is 0.177 e. The maximum absolute atomic E-state index is 6.00. The Morgan fingerprint density at radius 3 is 2.93 bits per heavy atom. The summed E-state index contributed by atoms with van der Waals surface area (Å²) >= 11 is 6.00. The van der Waals surface area contributed by atoms with Crippen molar-refractivity contribution in [3.8, 4) is 0 Å². The molecule has 4 nitrogen and oxygen atoms in total. The highest BCUT2D eigenvalue weighted by Gasteiger charge is 2.09. The largest absolute Gasteiger partial charge is 0.383 e. The number of fused-ring (bicyclic) bond motifs is 3. The van der Waals surface area contributed by atoms with E-state index in [1.54, 1.807) is 10.6 Å². The molecule has 5 heteroatoms. The number of para-hydroxylation sites is 2. The second-order valence-corrected chi connectivity index (χ2v) is 3.59. The summed E-state index contributed by atoms with van der Waals surface area (Å²) in [6, 6.07) is 7.66. The van der Waals surface area contributed by atoms with E-state index in [2.05, 4.69) is 9.97 Å². The summed E-state index contributed by atoms with van der Waals surface area (Å²) in [5.41, 5.74) is 8.13. The fourth-order valence-electron chi connectivity index (χ4n) is 1.67. The van der Waals surface area contributed by atoms with Crippen LogP contribution in [0.5, 0.6) is 0 Å². The first-order chi connectivity index (χ1) is 7.27. The molecule has 0 saturated heterocycles. The smallest absolute Gasteiger partial charge is 0.177 e. The van der Waals surface area contributed by atoms with Crippen molar-refractivity contribution in [2.75, 3.05) is 5.73 Å². The van der Waals surface area contributed by atoms with Crippen molar-refractivity contribution in [3.63, 3.8) is 0 Å². The number of hydrogen-bond donors (Lipinski definition) is 1. The van der Waals surface area contributed by atoms with Crippen LogP contribution in [-0.4, -0.2) is 14.4 Å². The van der Waals surface area contributed by atoms with Gasteiger partial charge in [-0.2, -0.15) is 0 Å². The molecule has 0 aliphatic carbocycles. The first kappa shape index (κ1) is 8.49. The summed E-state index contributed by atoms with van der Waals surface area (Å²) in [5.74, 6) is 0.561. The summed E-state index contributed by atoms with van der Waals surface area (Å²) in [6.45, 7) is 0. The van der Waals surface area contributed by atoms with Crippen molar-refractivity contribution in [2.24, 2.45) is 0 Å². The molecule has 2 N–H and O–H groups in total. The van der Waals surface area contributed by atoms with Gasteiger partial charge in [0.25, 0.3) is 0 Å². The summed E-state index contributed by atoms with van der Waals surface area (Å²) in [6.07, 6.45) is 1.58. The van der Waals surface area contributed by atoms with Gasteiger partial charge >= 0.3 is 0 Å². The Kier molecular flexibility index (Phi) is 1.61. The van der Waals surface area contributed by atoms with Gasteiger partial charge < -0.3 is 5.73 Å². The van der Waals surface area contributed by atoms with Crippen molar-refractivity contribution < 1.29 is 0 Å². The van der Waals surface area contributed by atoms with Crippen LogP contribution in [0.25, 0.3) is 16.7 Å². The van der Waals surface area contributed by atoms with Gasteiger partial charge in [-0.25, -0.2) is 9.97 Å². The number of benzene rings is 1. The zero-order chi connectivity index (χ0) is 10.4. The number of aromatic nitrogens is 3. The highest BCUT2D eigenvalue weighted by molar-refractivity contribution is 6.32. The topological polar surface area (TPSA) is 56.2 Å². The zero-order valence-electron chi connectivity index (χ0n) is 7.68. The molecule has 1 aromatic carbocycles. The minimum absolute atomic E-state index is 0.366. The molecule has 0 atom stereocenters. The van der Waals surface area contributed by atoms with E-state index in [0.29, 0.717) is 16.6 Å². The predicted molar refractivity (Wildman–Crippen MR) is 59.9 cm³/mol. The number of anilines is 1. The minimum Gasteiger partial charge on any atom is -0.383 e. The molecule has 0 amide bonds. The molecule has 3 rings (SSSR count). The summed E-state index contributed by atoms with van der Waals surface area (Å²) in [7, 11) is 0. The van der Waals surface area contributed by atoms with Gasteiger partial charge in [0.15, 0.2) is 10.8 Å². The third kappa shape index (κ3) is 1.08. The molecule has 3 aromatic rings. The zero-order valence-corrected chi connectivity index (χ0v) is 8.44. The van der Waals surface area contributed by atoms with Gasteiger partial charge in [0.1, 0.15) is 5.82 Å². The molecule has 0 saturated carbocycles. The van der Waals surface area contributed by atoms with Crippen molar-refractivity contribution >= 4 is 34.1 Å². The third-order valence-electron chi connectivity index (χ3n) is 2.31. The van der Waals surface area contributed by atoms with Gasteiger partial charge in [-0.05, 0) is 12.1 Å². The van der Waals surface area contributed by atoms with Crippen LogP contribution in [0.4, 0.5) is 5.82 Å². The molecule has 0 radical (unpaired) electrons. The van der Waals surface area contributed by atoms with Crippen molar-refractivity contribution in [1.29, 1.82) is 0 Å². The van der Waals surface area contributed by atoms with E-state index < -0.39 is 0 Å². The predicted octanol–water partition coefficient (Wildman–Crippen LogP) is 2.12. The van der Waals surface area contributed by atoms with E-state index in [4.69, 9.17) is 17.3 Å². The highest BCUT2D eigenvalue weighted by atomic mass is 35.5. The Morgan fingerprint density at radius 2 is 2.07 bits per heavy atom. The molecule has 15 heavy (non-hydrogen) atoms. The lowest BCUT2D eigenvalue weighted by molar-refractivity contribution is 1.21. The molecular weight excluding hydrogens is 212 g/mol. The monoisotopic (exact) mass is 218 g/mol. The van der Waals surface area contributed by atoms with E-state index in [1.165, 1.54) is 0 Å². The van der Waals surface area contributed by atoms with Crippen LogP contribution in [-0.2, 0) is 0 Å². The molecule has 2 aromatic heterocycles. The van der Waals surface area contributed by atoms with Crippen molar-refractivity contribution in [2.45, 2.75) is 0 Å². The minimum atomic E-state index is 0.366. The summed E-state index contributed by atoms with van der Waals surface area (Å²) in [4.78, 5) is 8.36. The number of rotatable bonds is 0. The number of imidazole rings is 1. The lowest BCUT2D eigenvalue weighted by atomic mass is 10.3. The highest BCUT2D eigenvalue weighted by Crippen LogP contribution is 2.22. The Labute approximate surface area is 90.3 Å². The third-order valence-corrected chi connectivity index (χ3v) is 2.57. The van der Waals surface area contributed by atoms with Crippen LogP contribution < -0.4 is 5.73 Å². The first-order valence-corrected chi connectivity index (χ1v) is 4.82. The van der Waals surface area contributed by atoms with Crippen LogP contribution in [0, 0.1) is 0 Å². The normalized spacial score (nSPS) is 11.3. The maximum atomic E-state index is 6.00. The molecule has 2 heterocycles. The SMILES string of the molecule is Nc1cnc2c(Cl)nc3ccccc3n12. The van der Waals surface area contributed by atoms with Crippen molar-refractivity contribution in [1.82, 2.24) is 14.4 Å². The number of nitrogen functional groups attached to an aromatic ring is 1. The molecule has 0 spiro atoms. The Hall–Kier alpha value is -1.81. The lowest BCUT2D eigenvalue weighted by Crippen LogP contribution is -1.96. The summed E-state index contributed by atoms with van der Waals surface area (Å²) in [5, 5.41) is 0.366. The van der Waals surface area contributed by atoms with Gasteiger partial charge in [-0.15, -0.1) is 0 Å². The van der Waals surface area contributed by atoms with Crippen LogP contribution in [0.2, 0.25) is 5.15 Å². The molecule has 0 aliphatic rings. The fourth-order valence-corrected chi connectivity index (χ4v) is 1.89. The standard InChI is InChI=1S/C10H7ClN4/c11-9-10-13-5-8(12)15(10)7-4-2-1-3-6(7)14-9/h1-5H,12H2. The molecule has 0 unspecified atom stereocenters. The average molecular weight is 219 g/mol. The quantitative estimate of drug-likeness (QED) is 0.629. The van der Waals surface area contributed by atoms with E-state index >= 15 is 0 Å². The second-order valence-electron chi connectivity index (χ2n) is 3.23. The van der Waals surface area contributed by atoms with Crippen molar-refractivity contribution in [3.05, 3.63) is 35.6 Å². The second kappa shape index (κ2) is 2.84. The van der Waals surface area contributed by atoms with Gasteiger partial charge in [0, 0.05) is 0 Å². The number of nitrogens with zero attached hydrogens (tertiary/aromatic N) is 3. The van der Waals surface area contributed by atoms with E-state index in [9.17, 15) is 0 Å². The Balaban J connectivity index is 2.67. The van der Waals surface area contributed by atoms with E-state index in [1.807, 2.05) is 24.3 Å². The molecule has 0 bridgehead atoms. The number of nitrogens with two attached hydrogens (primary N) is 1. The fraction of sp³-hybridized carbons (Fsp3) is 0. The van der Waals surface area contributed by atoms with Crippen LogP contribution in [0.3, 0.4) is 0 Å². The lowest BCUT2D eigenvalue weighted by Gasteiger charge is -2.03. The molecule has 0 aliphatic heterocycles. The van der Waals surface area contributed by atoms with Gasteiger partial charge in [0.05, 0.1) is 17.2 Å². The van der Waals surface area contributed by atoms with Gasteiger partial charge in [0.2, 0.25) is 0 Å².